The van der Waals surface area contributed by atoms with E-state index in [9.17, 15) is 0 Å². The number of hydrogen-bond acceptors (Lipinski definition) is 1. The zero-order valence-electron chi connectivity index (χ0n) is 7.51. The first-order valence-corrected chi connectivity index (χ1v) is 5.26. The second-order valence-electron chi connectivity index (χ2n) is 3.15. The van der Waals surface area contributed by atoms with Crippen molar-refractivity contribution in [3.8, 4) is 0 Å². The maximum atomic E-state index is 5.44. The Morgan fingerprint density at radius 2 is 2.23 bits per heavy atom. The van der Waals surface area contributed by atoms with Crippen molar-refractivity contribution in [1.82, 2.24) is 0 Å². The lowest BCUT2D eigenvalue weighted by molar-refractivity contribution is 0.609. The number of halogens is 1. The van der Waals surface area contributed by atoms with Gasteiger partial charge in [-0.25, -0.2) is 0 Å². The van der Waals surface area contributed by atoms with Crippen molar-refractivity contribution in [3.63, 3.8) is 0 Å². The zero-order chi connectivity index (χ0) is 9.26. The van der Waals surface area contributed by atoms with Gasteiger partial charge in [-0.1, -0.05) is 29.3 Å². The summed E-state index contributed by atoms with van der Waals surface area (Å²) in [5.41, 5.74) is 2.28. The lowest BCUT2D eigenvalue weighted by atomic mass is 10.1. The Morgan fingerprint density at radius 3 is 3.00 bits per heavy atom. The molecule has 0 bridgehead atoms. The van der Waals surface area contributed by atoms with Gasteiger partial charge in [0.05, 0.1) is 6.26 Å². The number of fused-ring (bicyclic) bond motifs is 1. The summed E-state index contributed by atoms with van der Waals surface area (Å²) in [6.45, 7) is 2.18. The third-order valence-corrected chi connectivity index (χ3v) is 2.63. The first-order chi connectivity index (χ1) is 6.31. The van der Waals surface area contributed by atoms with E-state index < -0.39 is 0 Å². The molecule has 0 atom stereocenters. The Morgan fingerprint density at radius 1 is 1.38 bits per heavy atom. The number of hydrogen-bond donors (Lipinski definition) is 0. The topological polar surface area (TPSA) is 13.1 Å². The van der Waals surface area contributed by atoms with Gasteiger partial charge < -0.3 is 4.42 Å². The summed E-state index contributed by atoms with van der Waals surface area (Å²) in [5.74, 6) is 0. The van der Waals surface area contributed by atoms with E-state index >= 15 is 0 Å². The standard InChI is InChI=1S/C11H11BrO/c1-2-3-8-7-13-11-5-4-9(12)6-10(8)11/h4-7H,2-3H2,1H3. The predicted molar refractivity (Wildman–Crippen MR) is 57.9 cm³/mol. The van der Waals surface area contributed by atoms with Crippen LogP contribution in [0.1, 0.15) is 18.9 Å². The molecule has 0 aliphatic heterocycles. The normalized spacial score (nSPS) is 10.9. The van der Waals surface area contributed by atoms with Crippen LogP contribution in [0, 0.1) is 0 Å². The van der Waals surface area contributed by atoms with Crippen LogP contribution in [0.25, 0.3) is 11.0 Å². The average molecular weight is 239 g/mol. The summed E-state index contributed by atoms with van der Waals surface area (Å²) in [6, 6.07) is 6.12. The number of benzene rings is 1. The zero-order valence-corrected chi connectivity index (χ0v) is 9.10. The fraction of sp³-hybridized carbons (Fsp3) is 0.273. The molecule has 1 aromatic heterocycles. The van der Waals surface area contributed by atoms with Crippen molar-refractivity contribution < 1.29 is 4.42 Å². The van der Waals surface area contributed by atoms with Crippen LogP contribution in [0.4, 0.5) is 0 Å². The van der Waals surface area contributed by atoms with Gasteiger partial charge in [0.25, 0.3) is 0 Å². The quantitative estimate of drug-likeness (QED) is 0.767. The Balaban J connectivity index is 2.58. The minimum atomic E-state index is 0.978. The lowest BCUT2D eigenvalue weighted by Gasteiger charge is -1.94. The van der Waals surface area contributed by atoms with E-state index in [0.29, 0.717) is 0 Å². The van der Waals surface area contributed by atoms with E-state index in [1.807, 2.05) is 18.4 Å². The first-order valence-electron chi connectivity index (χ1n) is 4.47. The summed E-state index contributed by atoms with van der Waals surface area (Å²) < 4.78 is 6.55. The van der Waals surface area contributed by atoms with Gasteiger partial charge in [0.1, 0.15) is 5.58 Å². The van der Waals surface area contributed by atoms with Crippen molar-refractivity contribution in [3.05, 3.63) is 34.5 Å². The SMILES string of the molecule is CCCc1coc2ccc(Br)cc12. The molecule has 68 valence electrons. The molecular formula is C11H11BrO. The Kier molecular flexibility index (Phi) is 2.40. The third-order valence-electron chi connectivity index (χ3n) is 2.14. The van der Waals surface area contributed by atoms with Crippen LogP contribution in [0.5, 0.6) is 0 Å². The van der Waals surface area contributed by atoms with Crippen molar-refractivity contribution in [2.45, 2.75) is 19.8 Å². The lowest BCUT2D eigenvalue weighted by Crippen LogP contribution is -1.78. The third kappa shape index (κ3) is 1.63. The molecule has 0 saturated carbocycles. The molecule has 0 amide bonds. The summed E-state index contributed by atoms with van der Waals surface area (Å²) in [7, 11) is 0. The molecule has 1 aromatic carbocycles. The fourth-order valence-electron chi connectivity index (χ4n) is 1.52. The van der Waals surface area contributed by atoms with Crippen molar-refractivity contribution in [2.24, 2.45) is 0 Å². The summed E-state index contributed by atoms with van der Waals surface area (Å²) >= 11 is 3.46. The molecule has 13 heavy (non-hydrogen) atoms. The van der Waals surface area contributed by atoms with Gasteiger partial charge in [-0.3, -0.25) is 0 Å². The van der Waals surface area contributed by atoms with E-state index in [-0.39, 0.29) is 0 Å². The van der Waals surface area contributed by atoms with Crippen molar-refractivity contribution in [2.75, 3.05) is 0 Å². The smallest absolute Gasteiger partial charge is 0.134 e. The largest absolute Gasteiger partial charge is 0.464 e. The highest BCUT2D eigenvalue weighted by atomic mass is 79.9. The molecule has 0 aliphatic carbocycles. The number of aryl methyl sites for hydroxylation is 1. The molecule has 2 aromatic rings. The summed E-state index contributed by atoms with van der Waals surface area (Å²) in [5, 5.41) is 1.23. The maximum absolute atomic E-state index is 5.44. The Hall–Kier alpha value is -0.760. The molecule has 0 N–H and O–H groups in total. The second-order valence-corrected chi connectivity index (χ2v) is 4.07. The van der Waals surface area contributed by atoms with Crippen LogP contribution in [0.15, 0.2) is 33.4 Å². The second kappa shape index (κ2) is 3.54. The number of rotatable bonds is 2. The molecule has 1 heterocycles. The van der Waals surface area contributed by atoms with Crippen LogP contribution < -0.4 is 0 Å². The minimum Gasteiger partial charge on any atom is -0.464 e. The highest BCUT2D eigenvalue weighted by Crippen LogP contribution is 2.25. The van der Waals surface area contributed by atoms with E-state index in [4.69, 9.17) is 4.42 Å². The number of furan rings is 1. The van der Waals surface area contributed by atoms with Crippen molar-refractivity contribution >= 4 is 26.9 Å². The molecule has 1 nitrogen and oxygen atoms in total. The van der Waals surface area contributed by atoms with Gasteiger partial charge in [-0.2, -0.15) is 0 Å². The van der Waals surface area contributed by atoms with Gasteiger partial charge in [-0.05, 0) is 30.2 Å². The van der Waals surface area contributed by atoms with Crippen LogP contribution in [-0.4, -0.2) is 0 Å². The average Bonchev–Trinajstić information content (AvgIpc) is 2.49. The molecule has 0 aliphatic rings. The monoisotopic (exact) mass is 238 g/mol. The Labute approximate surface area is 85.9 Å². The van der Waals surface area contributed by atoms with Gasteiger partial charge in [0.2, 0.25) is 0 Å². The van der Waals surface area contributed by atoms with E-state index in [0.717, 1.165) is 22.9 Å². The van der Waals surface area contributed by atoms with Gasteiger partial charge >= 0.3 is 0 Å². The Bertz CT molecular complexity index is 417. The van der Waals surface area contributed by atoms with Crippen LogP contribution in [0.2, 0.25) is 0 Å². The molecule has 0 fully saturated rings. The van der Waals surface area contributed by atoms with Crippen LogP contribution in [-0.2, 0) is 6.42 Å². The van der Waals surface area contributed by atoms with E-state index in [2.05, 4.69) is 28.9 Å². The van der Waals surface area contributed by atoms with Gasteiger partial charge in [0, 0.05) is 9.86 Å². The maximum Gasteiger partial charge on any atom is 0.134 e. The summed E-state index contributed by atoms with van der Waals surface area (Å²) in [4.78, 5) is 0. The van der Waals surface area contributed by atoms with Crippen LogP contribution in [0.3, 0.4) is 0 Å². The molecular weight excluding hydrogens is 228 g/mol. The predicted octanol–water partition coefficient (Wildman–Crippen LogP) is 4.15. The van der Waals surface area contributed by atoms with Crippen LogP contribution >= 0.6 is 15.9 Å². The van der Waals surface area contributed by atoms with Gasteiger partial charge in [0.15, 0.2) is 0 Å². The molecule has 0 spiro atoms. The van der Waals surface area contributed by atoms with Gasteiger partial charge in [-0.15, -0.1) is 0 Å². The van der Waals surface area contributed by atoms with E-state index in [1.54, 1.807) is 0 Å². The summed E-state index contributed by atoms with van der Waals surface area (Å²) in [6.07, 6.45) is 4.10. The molecule has 0 unspecified atom stereocenters. The fourth-order valence-corrected chi connectivity index (χ4v) is 1.88. The molecule has 0 saturated heterocycles. The van der Waals surface area contributed by atoms with E-state index in [1.165, 1.54) is 10.9 Å². The highest BCUT2D eigenvalue weighted by molar-refractivity contribution is 9.10. The minimum absolute atomic E-state index is 0.978. The molecule has 2 rings (SSSR count). The van der Waals surface area contributed by atoms with Crippen molar-refractivity contribution in [1.29, 1.82) is 0 Å². The first kappa shape index (κ1) is 8.82. The highest BCUT2D eigenvalue weighted by Gasteiger charge is 2.04. The molecule has 2 heteroatoms. The molecule has 0 radical (unpaired) electrons.